The van der Waals surface area contributed by atoms with Gasteiger partial charge in [0.1, 0.15) is 0 Å². The smallest absolute Gasteiger partial charge is 0.0250 e. The molecule has 1 aromatic carbocycles. The van der Waals surface area contributed by atoms with E-state index in [1.165, 1.54) is 42.1 Å². The SMILES string of the molecule is NC1CC2CCCC(C1)N2Cc1ccccc1Br. The summed E-state index contributed by atoms with van der Waals surface area (Å²) in [6, 6.07) is 10.4. The molecule has 3 heteroatoms. The number of benzene rings is 1. The van der Waals surface area contributed by atoms with Crippen molar-refractivity contribution in [2.45, 2.75) is 56.8 Å². The van der Waals surface area contributed by atoms with Gasteiger partial charge in [0.25, 0.3) is 0 Å². The molecule has 2 saturated heterocycles. The number of rotatable bonds is 2. The maximum atomic E-state index is 6.17. The molecule has 0 radical (unpaired) electrons. The molecule has 18 heavy (non-hydrogen) atoms. The maximum absolute atomic E-state index is 6.17. The summed E-state index contributed by atoms with van der Waals surface area (Å²) in [5.41, 5.74) is 7.58. The van der Waals surface area contributed by atoms with Gasteiger partial charge in [-0.3, -0.25) is 4.90 Å². The van der Waals surface area contributed by atoms with Gasteiger partial charge < -0.3 is 5.73 Å². The number of nitrogens with zero attached hydrogens (tertiary/aromatic N) is 1. The quantitative estimate of drug-likeness (QED) is 0.908. The van der Waals surface area contributed by atoms with E-state index in [1.807, 2.05) is 0 Å². The van der Waals surface area contributed by atoms with Crippen LogP contribution in [0.3, 0.4) is 0 Å². The van der Waals surface area contributed by atoms with Crippen LogP contribution in [0.15, 0.2) is 28.7 Å². The standard InChI is InChI=1S/C15H21BrN2/c16-15-7-2-1-4-11(15)10-18-13-5-3-6-14(18)9-12(17)8-13/h1-2,4,7,12-14H,3,5-6,8-10,17H2. The molecule has 2 heterocycles. The Morgan fingerprint density at radius 1 is 1.17 bits per heavy atom. The van der Waals surface area contributed by atoms with Crippen molar-refractivity contribution >= 4 is 15.9 Å². The third-order valence-electron chi connectivity index (χ3n) is 4.47. The van der Waals surface area contributed by atoms with Crippen molar-refractivity contribution in [2.24, 2.45) is 5.73 Å². The molecule has 3 rings (SSSR count). The molecule has 0 aromatic heterocycles. The lowest BCUT2D eigenvalue weighted by atomic mass is 9.82. The van der Waals surface area contributed by atoms with E-state index in [4.69, 9.17) is 5.73 Å². The number of piperidine rings is 2. The molecular weight excluding hydrogens is 288 g/mol. The summed E-state index contributed by atoms with van der Waals surface area (Å²) in [5.74, 6) is 0. The second kappa shape index (κ2) is 5.32. The minimum atomic E-state index is 0.427. The molecule has 0 aliphatic carbocycles. The van der Waals surface area contributed by atoms with Gasteiger partial charge in [-0.2, -0.15) is 0 Å². The van der Waals surface area contributed by atoms with Crippen LogP contribution in [0, 0.1) is 0 Å². The first-order valence-electron chi connectivity index (χ1n) is 6.99. The Kier molecular flexibility index (Phi) is 3.73. The summed E-state index contributed by atoms with van der Waals surface area (Å²) in [5, 5.41) is 0. The van der Waals surface area contributed by atoms with Crippen molar-refractivity contribution < 1.29 is 0 Å². The molecule has 2 aliphatic rings. The second-order valence-electron chi connectivity index (χ2n) is 5.73. The molecule has 2 nitrogen and oxygen atoms in total. The second-order valence-corrected chi connectivity index (χ2v) is 6.59. The Morgan fingerprint density at radius 2 is 1.83 bits per heavy atom. The highest BCUT2D eigenvalue weighted by molar-refractivity contribution is 9.10. The molecule has 1 aromatic rings. The number of hydrogen-bond donors (Lipinski definition) is 1. The molecular formula is C15H21BrN2. The van der Waals surface area contributed by atoms with Crippen molar-refractivity contribution in [1.29, 1.82) is 0 Å². The first-order valence-corrected chi connectivity index (χ1v) is 7.78. The van der Waals surface area contributed by atoms with Gasteiger partial charge in [-0.25, -0.2) is 0 Å². The molecule has 0 spiro atoms. The van der Waals surface area contributed by atoms with Crippen LogP contribution >= 0.6 is 15.9 Å². The predicted octanol–water partition coefficient (Wildman–Crippen LogP) is 3.29. The van der Waals surface area contributed by atoms with Crippen LogP contribution in [-0.4, -0.2) is 23.0 Å². The highest BCUT2D eigenvalue weighted by Crippen LogP contribution is 2.35. The van der Waals surface area contributed by atoms with Crippen LogP contribution in [0.2, 0.25) is 0 Å². The molecule has 2 N–H and O–H groups in total. The molecule has 2 fully saturated rings. The van der Waals surface area contributed by atoms with Gasteiger partial charge in [-0.15, -0.1) is 0 Å². The topological polar surface area (TPSA) is 29.3 Å². The molecule has 2 unspecified atom stereocenters. The first kappa shape index (κ1) is 12.6. The molecule has 0 amide bonds. The molecule has 2 atom stereocenters. The van der Waals surface area contributed by atoms with Gasteiger partial charge in [-0.05, 0) is 37.3 Å². The van der Waals surface area contributed by atoms with Crippen LogP contribution in [0.1, 0.15) is 37.7 Å². The summed E-state index contributed by atoms with van der Waals surface area (Å²) in [6.07, 6.45) is 6.40. The normalized spacial score (nSPS) is 32.4. The van der Waals surface area contributed by atoms with E-state index in [0.717, 1.165) is 6.54 Å². The van der Waals surface area contributed by atoms with Gasteiger partial charge in [0, 0.05) is 29.1 Å². The van der Waals surface area contributed by atoms with Gasteiger partial charge in [0.05, 0.1) is 0 Å². The minimum Gasteiger partial charge on any atom is -0.328 e. The highest BCUT2D eigenvalue weighted by atomic mass is 79.9. The van der Waals surface area contributed by atoms with E-state index >= 15 is 0 Å². The van der Waals surface area contributed by atoms with E-state index in [0.29, 0.717) is 18.1 Å². The zero-order valence-corrected chi connectivity index (χ0v) is 12.3. The lowest BCUT2D eigenvalue weighted by Crippen LogP contribution is -2.54. The summed E-state index contributed by atoms with van der Waals surface area (Å²) >= 11 is 3.66. The number of halogens is 1. The maximum Gasteiger partial charge on any atom is 0.0250 e. The fourth-order valence-corrected chi connectivity index (χ4v) is 4.01. The average molecular weight is 309 g/mol. The summed E-state index contributed by atoms with van der Waals surface area (Å²) in [4.78, 5) is 2.70. The van der Waals surface area contributed by atoms with Gasteiger partial charge in [-0.1, -0.05) is 40.5 Å². The van der Waals surface area contributed by atoms with Crippen molar-refractivity contribution in [3.63, 3.8) is 0 Å². The first-order chi connectivity index (χ1) is 8.74. The Labute approximate surface area is 118 Å². The van der Waals surface area contributed by atoms with Crippen molar-refractivity contribution in [2.75, 3.05) is 0 Å². The van der Waals surface area contributed by atoms with E-state index in [9.17, 15) is 0 Å². The Balaban J connectivity index is 1.78. The Morgan fingerprint density at radius 3 is 2.50 bits per heavy atom. The van der Waals surface area contributed by atoms with E-state index < -0.39 is 0 Å². The van der Waals surface area contributed by atoms with Crippen molar-refractivity contribution in [1.82, 2.24) is 4.90 Å². The molecule has 98 valence electrons. The monoisotopic (exact) mass is 308 g/mol. The number of nitrogens with two attached hydrogens (primary N) is 1. The molecule has 2 aliphatic heterocycles. The highest BCUT2D eigenvalue weighted by Gasteiger charge is 2.36. The zero-order valence-electron chi connectivity index (χ0n) is 10.7. The van der Waals surface area contributed by atoms with Gasteiger partial charge in [0.15, 0.2) is 0 Å². The Hall–Kier alpha value is -0.380. The van der Waals surface area contributed by atoms with Crippen molar-refractivity contribution in [3.05, 3.63) is 34.3 Å². The van der Waals surface area contributed by atoms with Crippen LogP contribution in [0.4, 0.5) is 0 Å². The third kappa shape index (κ3) is 2.49. The van der Waals surface area contributed by atoms with Crippen LogP contribution in [-0.2, 0) is 6.54 Å². The van der Waals surface area contributed by atoms with Gasteiger partial charge in [0.2, 0.25) is 0 Å². The fourth-order valence-electron chi connectivity index (χ4n) is 3.60. The van der Waals surface area contributed by atoms with Crippen molar-refractivity contribution in [3.8, 4) is 0 Å². The third-order valence-corrected chi connectivity index (χ3v) is 5.25. The number of fused-ring (bicyclic) bond motifs is 2. The zero-order chi connectivity index (χ0) is 12.5. The van der Waals surface area contributed by atoms with Gasteiger partial charge >= 0.3 is 0 Å². The largest absolute Gasteiger partial charge is 0.328 e. The fraction of sp³-hybridized carbons (Fsp3) is 0.600. The van der Waals surface area contributed by atoms with Crippen LogP contribution in [0.25, 0.3) is 0 Å². The van der Waals surface area contributed by atoms with Crippen LogP contribution < -0.4 is 5.73 Å². The van der Waals surface area contributed by atoms with E-state index in [1.54, 1.807) is 0 Å². The lowest BCUT2D eigenvalue weighted by molar-refractivity contribution is 0.0243. The summed E-state index contributed by atoms with van der Waals surface area (Å²) in [6.45, 7) is 1.07. The van der Waals surface area contributed by atoms with E-state index in [-0.39, 0.29) is 0 Å². The number of hydrogen-bond acceptors (Lipinski definition) is 2. The molecule has 0 saturated carbocycles. The van der Waals surface area contributed by atoms with E-state index in [2.05, 4.69) is 45.1 Å². The predicted molar refractivity (Wildman–Crippen MR) is 78.3 cm³/mol. The minimum absolute atomic E-state index is 0.427. The Bertz CT molecular complexity index is 407. The lowest BCUT2D eigenvalue weighted by Gasteiger charge is -2.48. The van der Waals surface area contributed by atoms with Crippen LogP contribution in [0.5, 0.6) is 0 Å². The summed E-state index contributed by atoms with van der Waals surface area (Å²) < 4.78 is 1.23. The average Bonchev–Trinajstić information content (AvgIpc) is 2.33. The molecule has 2 bridgehead atoms. The summed E-state index contributed by atoms with van der Waals surface area (Å²) in [7, 11) is 0.